The van der Waals surface area contributed by atoms with E-state index in [2.05, 4.69) is 17.5 Å². The Hall–Kier alpha value is -1.86. The van der Waals surface area contributed by atoms with Crippen molar-refractivity contribution in [3.8, 4) is 6.07 Å². The minimum atomic E-state index is -0.354. The third kappa shape index (κ3) is 2.94. The summed E-state index contributed by atoms with van der Waals surface area (Å²) in [5.74, 6) is 0.144. The molecule has 19 heavy (non-hydrogen) atoms. The number of carbonyl (C=O) groups is 1. The number of nitrogens with zero attached hydrogens (tertiary/aromatic N) is 2. The molecule has 0 bridgehead atoms. The molecule has 1 N–H and O–H groups in total. The van der Waals surface area contributed by atoms with Crippen LogP contribution >= 0.6 is 0 Å². The molecule has 0 spiro atoms. The van der Waals surface area contributed by atoms with Crippen LogP contribution in [0.4, 0.5) is 5.69 Å². The van der Waals surface area contributed by atoms with Crippen LogP contribution in [0.25, 0.3) is 0 Å². The van der Waals surface area contributed by atoms with Gasteiger partial charge in [0.1, 0.15) is 0 Å². The summed E-state index contributed by atoms with van der Waals surface area (Å²) in [4.78, 5) is 13.3. The molecule has 1 heterocycles. The molecule has 0 unspecified atom stereocenters. The fraction of sp³-hybridized carbons (Fsp3) is 0.467. The van der Waals surface area contributed by atoms with Gasteiger partial charge < -0.3 is 10.2 Å². The highest BCUT2D eigenvalue weighted by atomic mass is 16.2. The SMILES string of the molecule is CN1C(=O)Cc2cc(CNCC(C)(C)C#N)ccc21. The quantitative estimate of drug-likeness (QED) is 0.895. The first kappa shape index (κ1) is 13.6. The highest BCUT2D eigenvalue weighted by molar-refractivity contribution is 6.00. The third-order valence-electron chi connectivity index (χ3n) is 3.42. The van der Waals surface area contributed by atoms with Gasteiger partial charge in [-0.25, -0.2) is 0 Å². The first-order chi connectivity index (χ1) is 8.93. The van der Waals surface area contributed by atoms with Gasteiger partial charge in [-0.2, -0.15) is 5.26 Å². The Labute approximate surface area is 114 Å². The lowest BCUT2D eigenvalue weighted by Crippen LogP contribution is -2.27. The summed E-state index contributed by atoms with van der Waals surface area (Å²) in [5, 5.41) is 12.2. The molecule has 0 saturated heterocycles. The second-order valence-electron chi connectivity index (χ2n) is 5.69. The number of amides is 1. The minimum Gasteiger partial charge on any atom is -0.315 e. The first-order valence-corrected chi connectivity index (χ1v) is 6.43. The average Bonchev–Trinajstić information content (AvgIpc) is 2.65. The highest BCUT2D eigenvalue weighted by Gasteiger charge is 2.23. The summed E-state index contributed by atoms with van der Waals surface area (Å²) in [7, 11) is 1.81. The van der Waals surface area contributed by atoms with Crippen molar-refractivity contribution in [3.05, 3.63) is 29.3 Å². The van der Waals surface area contributed by atoms with Crippen molar-refractivity contribution in [2.24, 2.45) is 5.41 Å². The van der Waals surface area contributed by atoms with Crippen LogP contribution in [0.3, 0.4) is 0 Å². The Bertz CT molecular complexity index is 543. The predicted octanol–water partition coefficient (Wildman–Crippen LogP) is 1.84. The van der Waals surface area contributed by atoms with Gasteiger partial charge in [-0.05, 0) is 31.0 Å². The van der Waals surface area contributed by atoms with Crippen LogP contribution in [0.5, 0.6) is 0 Å². The molecule has 0 aliphatic carbocycles. The Morgan fingerprint density at radius 1 is 1.47 bits per heavy atom. The number of anilines is 1. The van der Waals surface area contributed by atoms with E-state index < -0.39 is 0 Å². The van der Waals surface area contributed by atoms with Crippen molar-refractivity contribution < 1.29 is 4.79 Å². The lowest BCUT2D eigenvalue weighted by molar-refractivity contribution is -0.117. The van der Waals surface area contributed by atoms with E-state index in [1.807, 2.05) is 33.0 Å². The summed E-state index contributed by atoms with van der Waals surface area (Å²) < 4.78 is 0. The molecule has 0 fully saturated rings. The second-order valence-corrected chi connectivity index (χ2v) is 5.69. The first-order valence-electron chi connectivity index (χ1n) is 6.43. The van der Waals surface area contributed by atoms with E-state index >= 15 is 0 Å². The number of rotatable bonds is 4. The maximum atomic E-state index is 11.6. The van der Waals surface area contributed by atoms with E-state index in [1.165, 1.54) is 0 Å². The summed E-state index contributed by atoms with van der Waals surface area (Å²) in [6, 6.07) is 8.36. The molecule has 0 aromatic heterocycles. The zero-order chi connectivity index (χ0) is 14.0. The zero-order valence-electron chi connectivity index (χ0n) is 11.7. The fourth-order valence-electron chi connectivity index (χ4n) is 2.19. The van der Waals surface area contributed by atoms with Gasteiger partial charge in [-0.15, -0.1) is 0 Å². The van der Waals surface area contributed by atoms with E-state index in [0.717, 1.165) is 23.4 Å². The van der Waals surface area contributed by atoms with Crippen LogP contribution < -0.4 is 10.2 Å². The molecular formula is C15H19N3O. The van der Waals surface area contributed by atoms with Gasteiger partial charge in [0, 0.05) is 25.8 Å². The molecule has 1 aromatic rings. The predicted molar refractivity (Wildman–Crippen MR) is 74.7 cm³/mol. The van der Waals surface area contributed by atoms with Crippen LogP contribution in [0, 0.1) is 16.7 Å². The molecule has 0 radical (unpaired) electrons. The smallest absolute Gasteiger partial charge is 0.231 e. The Kier molecular flexibility index (Phi) is 3.59. The average molecular weight is 257 g/mol. The van der Waals surface area contributed by atoms with Crippen molar-refractivity contribution in [3.63, 3.8) is 0 Å². The zero-order valence-corrected chi connectivity index (χ0v) is 11.7. The fourth-order valence-corrected chi connectivity index (χ4v) is 2.19. The molecule has 100 valence electrons. The van der Waals surface area contributed by atoms with Gasteiger partial charge >= 0.3 is 0 Å². The van der Waals surface area contributed by atoms with Crippen molar-refractivity contribution >= 4 is 11.6 Å². The molecular weight excluding hydrogens is 238 g/mol. The van der Waals surface area contributed by atoms with Crippen molar-refractivity contribution in [1.82, 2.24) is 5.32 Å². The molecule has 2 rings (SSSR count). The number of likely N-dealkylation sites (N-methyl/N-ethyl adjacent to an activating group) is 1. The second kappa shape index (κ2) is 5.02. The number of nitriles is 1. The number of carbonyl (C=O) groups excluding carboxylic acids is 1. The van der Waals surface area contributed by atoms with Gasteiger partial charge in [0.05, 0.1) is 17.9 Å². The molecule has 1 aromatic carbocycles. The Morgan fingerprint density at radius 3 is 2.89 bits per heavy atom. The molecule has 4 nitrogen and oxygen atoms in total. The van der Waals surface area contributed by atoms with Gasteiger partial charge in [0.2, 0.25) is 5.91 Å². The standard InChI is InChI=1S/C15H19N3O/c1-15(2,9-16)10-17-8-11-4-5-13-12(6-11)7-14(19)18(13)3/h4-6,17H,7-8,10H2,1-3H3. The number of nitrogens with one attached hydrogen (secondary N) is 1. The molecule has 4 heteroatoms. The van der Waals surface area contributed by atoms with E-state index in [9.17, 15) is 4.79 Å². The number of benzene rings is 1. The topological polar surface area (TPSA) is 56.1 Å². The van der Waals surface area contributed by atoms with Gasteiger partial charge in [-0.3, -0.25) is 4.79 Å². The summed E-state index contributed by atoms with van der Waals surface area (Å²) in [6.07, 6.45) is 0.489. The summed E-state index contributed by atoms with van der Waals surface area (Å²) in [6.45, 7) is 5.20. The Morgan fingerprint density at radius 2 is 2.21 bits per heavy atom. The van der Waals surface area contributed by atoms with Crippen molar-refractivity contribution in [1.29, 1.82) is 5.26 Å². The van der Waals surface area contributed by atoms with Crippen LogP contribution in [0.2, 0.25) is 0 Å². The monoisotopic (exact) mass is 257 g/mol. The van der Waals surface area contributed by atoms with Crippen molar-refractivity contribution in [2.75, 3.05) is 18.5 Å². The summed E-state index contributed by atoms with van der Waals surface area (Å²) >= 11 is 0. The van der Waals surface area contributed by atoms with E-state index in [1.54, 1.807) is 4.90 Å². The number of hydrogen-bond donors (Lipinski definition) is 1. The summed E-state index contributed by atoms with van der Waals surface area (Å²) in [5.41, 5.74) is 2.89. The van der Waals surface area contributed by atoms with Gasteiger partial charge in [0.25, 0.3) is 0 Å². The van der Waals surface area contributed by atoms with E-state index in [0.29, 0.717) is 13.0 Å². The van der Waals surface area contributed by atoms with Gasteiger partial charge in [0.15, 0.2) is 0 Å². The largest absolute Gasteiger partial charge is 0.315 e. The normalized spacial score (nSPS) is 14.4. The molecule has 1 aliphatic rings. The minimum absolute atomic E-state index is 0.144. The van der Waals surface area contributed by atoms with Crippen LogP contribution in [0.1, 0.15) is 25.0 Å². The number of hydrogen-bond acceptors (Lipinski definition) is 3. The third-order valence-corrected chi connectivity index (χ3v) is 3.42. The lowest BCUT2D eigenvalue weighted by atomic mass is 9.96. The van der Waals surface area contributed by atoms with E-state index in [-0.39, 0.29) is 11.3 Å². The van der Waals surface area contributed by atoms with Crippen molar-refractivity contribution in [2.45, 2.75) is 26.8 Å². The maximum Gasteiger partial charge on any atom is 0.231 e. The van der Waals surface area contributed by atoms with Crippen LogP contribution in [-0.4, -0.2) is 19.5 Å². The van der Waals surface area contributed by atoms with E-state index in [4.69, 9.17) is 5.26 Å². The van der Waals surface area contributed by atoms with Crippen LogP contribution in [0.15, 0.2) is 18.2 Å². The maximum absolute atomic E-state index is 11.6. The van der Waals surface area contributed by atoms with Gasteiger partial charge in [-0.1, -0.05) is 12.1 Å². The molecule has 0 saturated carbocycles. The molecule has 0 atom stereocenters. The number of fused-ring (bicyclic) bond motifs is 1. The van der Waals surface area contributed by atoms with Crippen LogP contribution in [-0.2, 0) is 17.8 Å². The lowest BCUT2D eigenvalue weighted by Gasteiger charge is -2.16. The highest BCUT2D eigenvalue weighted by Crippen LogP contribution is 2.28. The molecule has 1 amide bonds. The Balaban J connectivity index is 1.99. The molecule has 1 aliphatic heterocycles.